The van der Waals surface area contributed by atoms with Gasteiger partial charge in [-0.25, -0.2) is 0 Å². The van der Waals surface area contributed by atoms with Gasteiger partial charge in [-0.1, -0.05) is 24.6 Å². The van der Waals surface area contributed by atoms with Crippen molar-refractivity contribution in [2.75, 3.05) is 24.7 Å². The molecule has 0 spiro atoms. The molecular weight excluding hydrogens is 250 g/mol. The van der Waals surface area contributed by atoms with E-state index in [9.17, 15) is 5.11 Å². The van der Waals surface area contributed by atoms with Crippen LogP contribution in [0.3, 0.4) is 0 Å². The molecule has 1 aliphatic heterocycles. The summed E-state index contributed by atoms with van der Waals surface area (Å²) in [6.45, 7) is 6.27. The molecule has 2 atom stereocenters. The van der Waals surface area contributed by atoms with E-state index in [2.05, 4.69) is 11.8 Å². The minimum Gasteiger partial charge on any atom is -0.389 e. The number of nitrogens with zero attached hydrogens (tertiary/aromatic N) is 1. The van der Waals surface area contributed by atoms with Crippen molar-refractivity contribution in [2.24, 2.45) is 0 Å². The third-order valence-electron chi connectivity index (χ3n) is 3.46. The predicted octanol–water partition coefficient (Wildman–Crippen LogP) is 3.01. The smallest absolute Gasteiger partial charge is 0.0762 e. The molecule has 0 saturated carbocycles. The lowest BCUT2D eigenvalue weighted by Gasteiger charge is -2.37. The van der Waals surface area contributed by atoms with Gasteiger partial charge in [-0.05, 0) is 31.0 Å². The average molecular weight is 270 g/mol. The van der Waals surface area contributed by atoms with Crippen molar-refractivity contribution in [1.29, 1.82) is 0 Å². The van der Waals surface area contributed by atoms with Crippen molar-refractivity contribution in [3.8, 4) is 0 Å². The summed E-state index contributed by atoms with van der Waals surface area (Å²) in [5.74, 6) is 0. The van der Waals surface area contributed by atoms with Crippen LogP contribution in [0.2, 0.25) is 5.02 Å². The molecule has 3 nitrogen and oxygen atoms in total. The number of benzene rings is 1. The van der Waals surface area contributed by atoms with Gasteiger partial charge >= 0.3 is 0 Å². The Morgan fingerprint density at radius 2 is 2.33 bits per heavy atom. The number of hydrogen-bond acceptors (Lipinski definition) is 3. The van der Waals surface area contributed by atoms with Crippen molar-refractivity contribution >= 4 is 17.3 Å². The summed E-state index contributed by atoms with van der Waals surface area (Å²) in [6.07, 6.45) is 0.553. The Hall–Kier alpha value is -0.770. The molecule has 1 aromatic rings. The number of aliphatic hydroxyl groups excluding tert-OH is 1. The standard InChI is InChI=1S/C14H20ClNO2/c1-3-12-9-18-7-6-16(12)14-5-4-11(10(2)17)8-13(14)15/h4-5,8,10,12,17H,3,6-7,9H2,1-2H3. The van der Waals surface area contributed by atoms with E-state index in [1.807, 2.05) is 18.2 Å². The van der Waals surface area contributed by atoms with Crippen LogP contribution in [0.15, 0.2) is 18.2 Å². The summed E-state index contributed by atoms with van der Waals surface area (Å²) >= 11 is 6.34. The van der Waals surface area contributed by atoms with Gasteiger partial charge in [-0.15, -0.1) is 0 Å². The van der Waals surface area contributed by atoms with Crippen LogP contribution >= 0.6 is 11.6 Å². The summed E-state index contributed by atoms with van der Waals surface area (Å²) in [5, 5.41) is 10.3. The molecule has 100 valence electrons. The van der Waals surface area contributed by atoms with Crippen LogP contribution in [-0.4, -0.2) is 30.9 Å². The molecule has 0 radical (unpaired) electrons. The zero-order chi connectivity index (χ0) is 13.1. The first kappa shape index (κ1) is 13.7. The first-order valence-corrected chi connectivity index (χ1v) is 6.83. The fourth-order valence-corrected chi connectivity index (χ4v) is 2.62. The van der Waals surface area contributed by atoms with E-state index < -0.39 is 6.10 Å². The van der Waals surface area contributed by atoms with Crippen LogP contribution in [0.5, 0.6) is 0 Å². The highest BCUT2D eigenvalue weighted by Gasteiger charge is 2.23. The van der Waals surface area contributed by atoms with Crippen LogP contribution < -0.4 is 4.90 Å². The van der Waals surface area contributed by atoms with Gasteiger partial charge in [0.15, 0.2) is 0 Å². The van der Waals surface area contributed by atoms with E-state index in [1.54, 1.807) is 6.92 Å². The molecule has 0 amide bonds. The average Bonchev–Trinajstić information content (AvgIpc) is 2.38. The Balaban J connectivity index is 2.26. The molecule has 1 aromatic carbocycles. The second kappa shape index (κ2) is 5.91. The number of morpholine rings is 1. The Morgan fingerprint density at radius 3 is 2.94 bits per heavy atom. The lowest BCUT2D eigenvalue weighted by molar-refractivity contribution is 0.0930. The fourth-order valence-electron chi connectivity index (χ4n) is 2.33. The van der Waals surface area contributed by atoms with Gasteiger partial charge in [0.2, 0.25) is 0 Å². The molecular formula is C14H20ClNO2. The maximum Gasteiger partial charge on any atom is 0.0762 e. The number of halogens is 1. The first-order valence-electron chi connectivity index (χ1n) is 6.45. The van der Waals surface area contributed by atoms with Crippen molar-refractivity contribution in [3.63, 3.8) is 0 Å². The summed E-state index contributed by atoms with van der Waals surface area (Å²) in [5.41, 5.74) is 1.89. The predicted molar refractivity (Wildman–Crippen MR) is 74.3 cm³/mol. The minimum atomic E-state index is -0.483. The number of anilines is 1. The first-order chi connectivity index (χ1) is 8.63. The summed E-state index contributed by atoms with van der Waals surface area (Å²) in [6, 6.07) is 6.17. The van der Waals surface area contributed by atoms with E-state index in [0.29, 0.717) is 11.1 Å². The second-order valence-corrected chi connectivity index (χ2v) is 5.12. The van der Waals surface area contributed by atoms with E-state index in [-0.39, 0.29) is 0 Å². The van der Waals surface area contributed by atoms with Crippen LogP contribution in [0, 0.1) is 0 Å². The van der Waals surface area contributed by atoms with Gasteiger partial charge in [0.05, 0.1) is 36.1 Å². The van der Waals surface area contributed by atoms with Crippen molar-refractivity contribution < 1.29 is 9.84 Å². The van der Waals surface area contributed by atoms with Crippen LogP contribution in [0.25, 0.3) is 0 Å². The molecule has 1 N–H and O–H groups in total. The van der Waals surface area contributed by atoms with Crippen molar-refractivity contribution in [1.82, 2.24) is 0 Å². The Morgan fingerprint density at radius 1 is 1.56 bits per heavy atom. The SMILES string of the molecule is CCC1COCCN1c1ccc(C(C)O)cc1Cl. The van der Waals surface area contributed by atoms with Gasteiger partial charge in [0.1, 0.15) is 0 Å². The molecule has 2 rings (SSSR count). The van der Waals surface area contributed by atoms with Crippen LogP contribution in [-0.2, 0) is 4.74 Å². The van der Waals surface area contributed by atoms with Crippen LogP contribution in [0.1, 0.15) is 31.9 Å². The highest BCUT2D eigenvalue weighted by atomic mass is 35.5. The lowest BCUT2D eigenvalue weighted by Crippen LogP contribution is -2.45. The molecule has 1 heterocycles. The Labute approximate surface area is 113 Å². The maximum absolute atomic E-state index is 9.56. The van der Waals surface area contributed by atoms with Crippen LogP contribution in [0.4, 0.5) is 5.69 Å². The highest BCUT2D eigenvalue weighted by molar-refractivity contribution is 6.33. The monoisotopic (exact) mass is 269 g/mol. The normalized spacial score (nSPS) is 22.0. The molecule has 1 fully saturated rings. The van der Waals surface area contributed by atoms with Gasteiger partial charge in [-0.3, -0.25) is 0 Å². The fraction of sp³-hybridized carbons (Fsp3) is 0.571. The van der Waals surface area contributed by atoms with Gasteiger partial charge in [0, 0.05) is 6.54 Å². The lowest BCUT2D eigenvalue weighted by atomic mass is 10.1. The Kier molecular flexibility index (Phi) is 4.49. The molecule has 0 bridgehead atoms. The number of ether oxygens (including phenoxy) is 1. The van der Waals surface area contributed by atoms with Gasteiger partial charge in [-0.2, -0.15) is 0 Å². The Bertz CT molecular complexity index is 409. The minimum absolute atomic E-state index is 0.383. The molecule has 4 heteroatoms. The van der Waals surface area contributed by atoms with E-state index >= 15 is 0 Å². The number of aliphatic hydroxyl groups is 1. The molecule has 0 aliphatic carbocycles. The summed E-state index contributed by atoms with van der Waals surface area (Å²) in [7, 11) is 0. The largest absolute Gasteiger partial charge is 0.389 e. The third-order valence-corrected chi connectivity index (χ3v) is 3.77. The molecule has 1 saturated heterocycles. The topological polar surface area (TPSA) is 32.7 Å². The molecule has 1 aliphatic rings. The summed E-state index contributed by atoms with van der Waals surface area (Å²) < 4.78 is 5.50. The van der Waals surface area contributed by atoms with E-state index in [4.69, 9.17) is 16.3 Å². The maximum atomic E-state index is 9.56. The molecule has 18 heavy (non-hydrogen) atoms. The summed E-state index contributed by atoms with van der Waals surface area (Å²) in [4.78, 5) is 2.30. The van der Waals surface area contributed by atoms with Gasteiger partial charge < -0.3 is 14.7 Å². The number of hydrogen-bond donors (Lipinski definition) is 1. The number of rotatable bonds is 3. The highest BCUT2D eigenvalue weighted by Crippen LogP contribution is 2.31. The zero-order valence-electron chi connectivity index (χ0n) is 10.9. The molecule has 0 aromatic heterocycles. The van der Waals surface area contributed by atoms with Crippen molar-refractivity contribution in [2.45, 2.75) is 32.4 Å². The van der Waals surface area contributed by atoms with E-state index in [0.717, 1.165) is 37.4 Å². The van der Waals surface area contributed by atoms with Gasteiger partial charge in [0.25, 0.3) is 0 Å². The quantitative estimate of drug-likeness (QED) is 0.916. The second-order valence-electron chi connectivity index (χ2n) is 4.72. The van der Waals surface area contributed by atoms with E-state index in [1.165, 1.54) is 0 Å². The third kappa shape index (κ3) is 2.79. The zero-order valence-corrected chi connectivity index (χ0v) is 11.7. The van der Waals surface area contributed by atoms with Crippen molar-refractivity contribution in [3.05, 3.63) is 28.8 Å². The molecule has 2 unspecified atom stereocenters.